The van der Waals surface area contributed by atoms with Crippen LogP contribution in [0.25, 0.3) is 5.76 Å². The fourth-order valence-corrected chi connectivity index (χ4v) is 1.95. The third-order valence-electron chi connectivity index (χ3n) is 2.95. The van der Waals surface area contributed by atoms with Crippen LogP contribution in [0.15, 0.2) is 60.7 Å². The molecule has 2 rings (SSSR count). The van der Waals surface area contributed by atoms with Crippen molar-refractivity contribution in [3.8, 4) is 11.8 Å². The summed E-state index contributed by atoms with van der Waals surface area (Å²) in [4.78, 5) is 11.2. The van der Waals surface area contributed by atoms with Gasteiger partial charge in [0.2, 0.25) is 0 Å². The van der Waals surface area contributed by atoms with E-state index in [4.69, 9.17) is 4.74 Å². The smallest absolute Gasteiger partial charge is 0.417 e. The molecule has 2 aromatic rings. The normalized spacial score (nSPS) is 11.4. The van der Waals surface area contributed by atoms with Crippen molar-refractivity contribution in [1.82, 2.24) is 0 Å². The summed E-state index contributed by atoms with van der Waals surface area (Å²) in [7, 11) is 0. The van der Waals surface area contributed by atoms with Gasteiger partial charge in [-0.1, -0.05) is 54.3 Å². The predicted molar refractivity (Wildman–Crippen MR) is 84.5 cm³/mol. The maximum absolute atomic E-state index is 12.9. The number of hydrogen-bond donors (Lipinski definition) is 0. The average Bonchev–Trinajstić information content (AvgIpc) is 2.54. The van der Waals surface area contributed by atoms with Crippen LogP contribution in [0.1, 0.15) is 23.6 Å². The molecule has 0 N–H and O–H groups in total. The number of allylic oxidation sites excluding steroid dienone is 1. The van der Waals surface area contributed by atoms with E-state index in [1.807, 2.05) is 0 Å². The Kier molecular flexibility index (Phi) is 5.43. The number of rotatable bonds is 2. The Morgan fingerprint density at radius 1 is 1.04 bits per heavy atom. The highest BCUT2D eigenvalue weighted by Gasteiger charge is 2.32. The molecule has 0 fully saturated rings. The largest absolute Gasteiger partial charge is 0.425 e. The van der Waals surface area contributed by atoms with Crippen molar-refractivity contribution in [2.45, 2.75) is 13.1 Å². The second kappa shape index (κ2) is 7.51. The number of hydrogen-bond acceptors (Lipinski definition) is 2. The first-order valence-corrected chi connectivity index (χ1v) is 6.99. The second-order valence-electron chi connectivity index (χ2n) is 4.78. The monoisotopic (exact) mass is 330 g/mol. The maximum atomic E-state index is 12.9. The van der Waals surface area contributed by atoms with Gasteiger partial charge in [0, 0.05) is 24.1 Å². The SMILES string of the molecule is CC(=O)O/C(=C\C#Cc1ccccc1C(F)(F)F)c1ccccc1. The van der Waals surface area contributed by atoms with E-state index in [9.17, 15) is 18.0 Å². The molecule has 0 radical (unpaired) electrons. The zero-order valence-electron chi connectivity index (χ0n) is 12.7. The number of benzene rings is 2. The van der Waals surface area contributed by atoms with Crippen LogP contribution in [-0.4, -0.2) is 5.97 Å². The first-order valence-electron chi connectivity index (χ1n) is 6.99. The Morgan fingerprint density at radius 3 is 2.29 bits per heavy atom. The highest BCUT2D eigenvalue weighted by molar-refractivity contribution is 5.77. The molecule has 0 atom stereocenters. The number of carbonyl (C=O) groups is 1. The van der Waals surface area contributed by atoms with Crippen LogP contribution in [-0.2, 0) is 15.7 Å². The lowest BCUT2D eigenvalue weighted by Gasteiger charge is -2.08. The standard InChI is InChI=1S/C19H13F3O2/c1-14(23)24-18(16-9-3-2-4-10-16)13-7-11-15-8-5-6-12-17(15)19(20,21)22/h2-6,8-10,12-13H,1H3/b18-13-. The first kappa shape index (κ1) is 17.4. The molecule has 0 aliphatic heterocycles. The minimum absolute atomic E-state index is 0.142. The van der Waals surface area contributed by atoms with Gasteiger partial charge in [-0.25, -0.2) is 0 Å². The fourth-order valence-electron chi connectivity index (χ4n) is 1.95. The van der Waals surface area contributed by atoms with E-state index in [2.05, 4.69) is 11.8 Å². The van der Waals surface area contributed by atoms with E-state index in [0.717, 1.165) is 6.07 Å². The second-order valence-corrected chi connectivity index (χ2v) is 4.78. The highest BCUT2D eigenvalue weighted by Crippen LogP contribution is 2.31. The number of halogens is 3. The lowest BCUT2D eigenvalue weighted by atomic mass is 10.1. The van der Waals surface area contributed by atoms with Gasteiger partial charge in [0.25, 0.3) is 0 Å². The molecule has 0 bridgehead atoms. The third kappa shape index (κ3) is 4.75. The van der Waals surface area contributed by atoms with Crippen molar-refractivity contribution in [1.29, 1.82) is 0 Å². The predicted octanol–water partition coefficient (Wildman–Crippen LogP) is 4.66. The Bertz CT molecular complexity index is 810. The molecule has 0 unspecified atom stereocenters. The van der Waals surface area contributed by atoms with Gasteiger partial charge in [0.05, 0.1) is 5.56 Å². The third-order valence-corrected chi connectivity index (χ3v) is 2.95. The van der Waals surface area contributed by atoms with Crippen molar-refractivity contribution in [2.75, 3.05) is 0 Å². The molecule has 0 saturated carbocycles. The molecule has 0 heterocycles. The summed E-state index contributed by atoms with van der Waals surface area (Å²) >= 11 is 0. The Labute approximate surface area is 137 Å². The summed E-state index contributed by atoms with van der Waals surface area (Å²) in [5.74, 6) is 4.63. The van der Waals surface area contributed by atoms with Crippen molar-refractivity contribution in [3.63, 3.8) is 0 Å². The molecule has 24 heavy (non-hydrogen) atoms. The summed E-state index contributed by atoms with van der Waals surface area (Å²) in [6.45, 7) is 1.24. The minimum Gasteiger partial charge on any atom is -0.425 e. The molecule has 2 nitrogen and oxygen atoms in total. The lowest BCUT2D eigenvalue weighted by Crippen LogP contribution is -2.07. The molecule has 0 aromatic heterocycles. The fraction of sp³-hybridized carbons (Fsp3) is 0.105. The van der Waals surface area contributed by atoms with Gasteiger partial charge in [0.1, 0.15) is 5.76 Å². The molecule has 0 aliphatic carbocycles. The Balaban J connectivity index is 2.38. The van der Waals surface area contributed by atoms with Gasteiger partial charge < -0.3 is 4.74 Å². The highest BCUT2D eigenvalue weighted by atomic mass is 19.4. The number of esters is 1. The van der Waals surface area contributed by atoms with Gasteiger partial charge in [0.15, 0.2) is 0 Å². The maximum Gasteiger partial charge on any atom is 0.417 e. The molecular weight excluding hydrogens is 317 g/mol. The Morgan fingerprint density at radius 2 is 1.67 bits per heavy atom. The summed E-state index contributed by atoms with van der Waals surface area (Å²) in [6, 6.07) is 13.7. The van der Waals surface area contributed by atoms with Crippen LogP contribution in [0, 0.1) is 11.8 Å². The van der Waals surface area contributed by atoms with Crippen molar-refractivity contribution in [2.24, 2.45) is 0 Å². The summed E-state index contributed by atoms with van der Waals surface area (Å²) < 4.78 is 43.8. The van der Waals surface area contributed by atoms with Crippen LogP contribution in [0.3, 0.4) is 0 Å². The minimum atomic E-state index is -4.48. The molecule has 0 spiro atoms. The van der Waals surface area contributed by atoms with Crippen LogP contribution in [0.2, 0.25) is 0 Å². The topological polar surface area (TPSA) is 26.3 Å². The van der Waals surface area contributed by atoms with Crippen LogP contribution in [0.4, 0.5) is 13.2 Å². The Hall–Kier alpha value is -3.00. The quantitative estimate of drug-likeness (QED) is 0.455. The van der Waals surface area contributed by atoms with Gasteiger partial charge in [-0.3, -0.25) is 4.79 Å². The van der Waals surface area contributed by atoms with Gasteiger partial charge in [-0.15, -0.1) is 0 Å². The summed E-state index contributed by atoms with van der Waals surface area (Å²) in [5, 5.41) is 0. The molecular formula is C19H13F3O2. The van der Waals surface area contributed by atoms with Crippen molar-refractivity contribution >= 4 is 11.7 Å². The number of alkyl halides is 3. The van der Waals surface area contributed by atoms with Crippen LogP contribution in [0.5, 0.6) is 0 Å². The zero-order chi connectivity index (χ0) is 17.6. The van der Waals surface area contributed by atoms with Crippen LogP contribution >= 0.6 is 0 Å². The molecule has 2 aromatic carbocycles. The zero-order valence-corrected chi connectivity index (χ0v) is 12.7. The van der Waals surface area contributed by atoms with Crippen LogP contribution < -0.4 is 0 Å². The average molecular weight is 330 g/mol. The van der Waals surface area contributed by atoms with E-state index in [-0.39, 0.29) is 11.3 Å². The molecule has 122 valence electrons. The van der Waals surface area contributed by atoms with E-state index < -0.39 is 17.7 Å². The van der Waals surface area contributed by atoms with Gasteiger partial charge in [-0.05, 0) is 12.1 Å². The van der Waals surface area contributed by atoms with E-state index in [0.29, 0.717) is 5.56 Å². The summed E-state index contributed by atoms with van der Waals surface area (Å²) in [6.07, 6.45) is -3.20. The van der Waals surface area contributed by atoms with Crippen molar-refractivity contribution < 1.29 is 22.7 Å². The van der Waals surface area contributed by atoms with E-state index >= 15 is 0 Å². The first-order chi connectivity index (χ1) is 11.4. The molecule has 0 amide bonds. The molecule has 5 heteroatoms. The summed E-state index contributed by atoms with van der Waals surface area (Å²) in [5.41, 5.74) is -0.345. The number of carbonyl (C=O) groups excluding carboxylic acids is 1. The number of ether oxygens (including phenoxy) is 1. The van der Waals surface area contributed by atoms with Gasteiger partial charge >= 0.3 is 12.1 Å². The van der Waals surface area contributed by atoms with E-state index in [1.54, 1.807) is 30.3 Å². The van der Waals surface area contributed by atoms with Crippen molar-refractivity contribution in [3.05, 3.63) is 77.4 Å². The van der Waals surface area contributed by atoms with E-state index in [1.165, 1.54) is 31.2 Å². The lowest BCUT2D eigenvalue weighted by molar-refractivity contribution is -0.138. The molecule has 0 aliphatic rings. The van der Waals surface area contributed by atoms with Gasteiger partial charge in [-0.2, -0.15) is 13.2 Å². The molecule has 0 saturated heterocycles.